The molecule has 1 fully saturated rings. The zero-order valence-electron chi connectivity index (χ0n) is 13.0. The number of carbonyl (C=O) groups is 2. The fourth-order valence-electron chi connectivity index (χ4n) is 2.85. The van der Waals surface area contributed by atoms with E-state index in [2.05, 4.69) is 5.32 Å². The lowest BCUT2D eigenvalue weighted by atomic mass is 10.1. The number of hydrogen-bond donors (Lipinski definition) is 1. The van der Waals surface area contributed by atoms with Crippen LogP contribution in [-0.2, 0) is 9.59 Å². The molecule has 0 atom stereocenters. The zero-order valence-corrected chi connectivity index (χ0v) is 13.7. The van der Waals surface area contributed by atoms with Gasteiger partial charge in [0.15, 0.2) is 0 Å². The van der Waals surface area contributed by atoms with E-state index >= 15 is 0 Å². The summed E-state index contributed by atoms with van der Waals surface area (Å²) < 4.78 is 0. The van der Waals surface area contributed by atoms with Gasteiger partial charge in [-0.2, -0.15) is 0 Å². The Morgan fingerprint density at radius 3 is 2.27 bits per heavy atom. The maximum Gasteiger partial charge on any atom is 0.240 e. The molecule has 1 aliphatic rings. The third-order valence-corrected chi connectivity index (χ3v) is 4.29. The Hall–Kier alpha value is -1.55. The van der Waals surface area contributed by atoms with Crippen molar-refractivity contribution >= 4 is 29.1 Å². The summed E-state index contributed by atoms with van der Waals surface area (Å²) in [6.45, 7) is 1.51. The SMILES string of the molecule is CC(=O)N(CC(=O)NC1CCCCCC1)c1ccc(Cl)cc1. The number of rotatable bonds is 4. The number of nitrogens with zero attached hydrogens (tertiary/aromatic N) is 1. The van der Waals surface area contributed by atoms with Crippen LogP contribution in [0, 0.1) is 0 Å². The molecule has 2 amide bonds. The normalized spacial score (nSPS) is 15.9. The highest BCUT2D eigenvalue weighted by Gasteiger charge is 2.19. The van der Waals surface area contributed by atoms with Gasteiger partial charge in [-0.1, -0.05) is 37.3 Å². The van der Waals surface area contributed by atoms with Crippen molar-refractivity contribution in [1.82, 2.24) is 5.32 Å². The maximum absolute atomic E-state index is 12.2. The second-order valence-electron chi connectivity index (χ2n) is 5.84. The lowest BCUT2D eigenvalue weighted by Crippen LogP contribution is -2.43. The molecular formula is C17H23ClN2O2. The van der Waals surface area contributed by atoms with Gasteiger partial charge in [0.1, 0.15) is 6.54 Å². The van der Waals surface area contributed by atoms with Gasteiger partial charge in [0.05, 0.1) is 0 Å². The Balaban J connectivity index is 1.96. The van der Waals surface area contributed by atoms with Gasteiger partial charge >= 0.3 is 0 Å². The van der Waals surface area contributed by atoms with Crippen molar-refractivity contribution in [2.45, 2.75) is 51.5 Å². The fraction of sp³-hybridized carbons (Fsp3) is 0.529. The minimum Gasteiger partial charge on any atom is -0.352 e. The summed E-state index contributed by atoms with van der Waals surface area (Å²) in [6.07, 6.45) is 6.89. The molecule has 0 bridgehead atoms. The van der Waals surface area contributed by atoms with Crippen LogP contribution in [-0.4, -0.2) is 24.4 Å². The van der Waals surface area contributed by atoms with Crippen LogP contribution in [0.1, 0.15) is 45.4 Å². The standard InChI is InChI=1S/C17H23ClN2O2/c1-13(21)20(16-10-8-14(18)9-11-16)12-17(22)19-15-6-4-2-3-5-7-15/h8-11,15H,2-7,12H2,1H3,(H,19,22). The number of hydrogen-bond acceptors (Lipinski definition) is 2. The first-order chi connectivity index (χ1) is 10.6. The van der Waals surface area contributed by atoms with Gasteiger partial charge in [0.25, 0.3) is 0 Å². The van der Waals surface area contributed by atoms with Crippen molar-refractivity contribution in [2.75, 3.05) is 11.4 Å². The van der Waals surface area contributed by atoms with Gasteiger partial charge < -0.3 is 10.2 Å². The third-order valence-electron chi connectivity index (χ3n) is 4.04. The van der Waals surface area contributed by atoms with E-state index in [1.807, 2.05) is 0 Å². The number of anilines is 1. The van der Waals surface area contributed by atoms with Crippen LogP contribution < -0.4 is 10.2 Å². The molecule has 5 heteroatoms. The summed E-state index contributed by atoms with van der Waals surface area (Å²) in [6, 6.07) is 7.19. The molecule has 0 unspecified atom stereocenters. The van der Waals surface area contributed by atoms with Crippen LogP contribution >= 0.6 is 11.6 Å². The van der Waals surface area contributed by atoms with E-state index in [0.29, 0.717) is 10.7 Å². The van der Waals surface area contributed by atoms with Gasteiger partial charge in [-0.15, -0.1) is 0 Å². The minimum atomic E-state index is -0.154. The summed E-state index contributed by atoms with van der Waals surface area (Å²) in [7, 11) is 0. The highest BCUT2D eigenvalue weighted by atomic mass is 35.5. The average molecular weight is 323 g/mol. The van der Waals surface area contributed by atoms with Gasteiger partial charge in [-0.25, -0.2) is 0 Å². The van der Waals surface area contributed by atoms with Crippen molar-refractivity contribution in [2.24, 2.45) is 0 Å². The molecule has 1 aliphatic carbocycles. The van der Waals surface area contributed by atoms with Crippen LogP contribution in [0.3, 0.4) is 0 Å². The van der Waals surface area contributed by atoms with Crippen LogP contribution in [0.2, 0.25) is 5.02 Å². The summed E-state index contributed by atoms with van der Waals surface area (Å²) in [5, 5.41) is 3.67. The second-order valence-corrected chi connectivity index (χ2v) is 6.27. The van der Waals surface area contributed by atoms with E-state index in [0.717, 1.165) is 12.8 Å². The van der Waals surface area contributed by atoms with E-state index in [9.17, 15) is 9.59 Å². The van der Waals surface area contributed by atoms with E-state index in [1.165, 1.54) is 37.5 Å². The Bertz CT molecular complexity index is 508. The fourth-order valence-corrected chi connectivity index (χ4v) is 2.97. The molecule has 0 heterocycles. The molecule has 4 nitrogen and oxygen atoms in total. The third kappa shape index (κ3) is 5.02. The summed E-state index contributed by atoms with van der Waals surface area (Å²) in [5.41, 5.74) is 0.688. The van der Waals surface area contributed by atoms with E-state index < -0.39 is 0 Å². The van der Waals surface area contributed by atoms with Crippen molar-refractivity contribution in [3.8, 4) is 0 Å². The number of amides is 2. The Morgan fingerprint density at radius 2 is 1.73 bits per heavy atom. The van der Waals surface area contributed by atoms with Crippen molar-refractivity contribution in [1.29, 1.82) is 0 Å². The molecule has 0 radical (unpaired) electrons. The van der Waals surface area contributed by atoms with Crippen molar-refractivity contribution in [3.63, 3.8) is 0 Å². The number of halogens is 1. The van der Waals surface area contributed by atoms with E-state index in [1.54, 1.807) is 24.3 Å². The first-order valence-electron chi connectivity index (χ1n) is 7.89. The summed E-state index contributed by atoms with van der Waals surface area (Å²) in [5.74, 6) is -0.254. The lowest BCUT2D eigenvalue weighted by molar-refractivity contribution is -0.123. The molecule has 0 spiro atoms. The number of carbonyl (C=O) groups excluding carboxylic acids is 2. The predicted octanol–water partition coefficient (Wildman–Crippen LogP) is 3.53. The topological polar surface area (TPSA) is 49.4 Å². The smallest absolute Gasteiger partial charge is 0.240 e. The quantitative estimate of drug-likeness (QED) is 0.862. The van der Waals surface area contributed by atoms with Crippen molar-refractivity contribution in [3.05, 3.63) is 29.3 Å². The van der Waals surface area contributed by atoms with Gasteiger partial charge in [0, 0.05) is 23.7 Å². The minimum absolute atomic E-state index is 0.0491. The molecule has 0 aromatic heterocycles. The van der Waals surface area contributed by atoms with Crippen LogP contribution in [0.15, 0.2) is 24.3 Å². The second kappa shape index (κ2) is 8.18. The summed E-state index contributed by atoms with van der Waals surface area (Å²) >= 11 is 5.86. The maximum atomic E-state index is 12.2. The Kier molecular flexibility index (Phi) is 6.25. The van der Waals surface area contributed by atoms with Crippen LogP contribution in [0.25, 0.3) is 0 Å². The molecular weight excluding hydrogens is 300 g/mol. The monoisotopic (exact) mass is 322 g/mol. The highest BCUT2D eigenvalue weighted by molar-refractivity contribution is 6.30. The molecule has 0 saturated heterocycles. The highest BCUT2D eigenvalue weighted by Crippen LogP contribution is 2.19. The molecule has 1 aromatic carbocycles. The first-order valence-corrected chi connectivity index (χ1v) is 8.27. The molecule has 22 heavy (non-hydrogen) atoms. The van der Waals surface area contributed by atoms with E-state index in [-0.39, 0.29) is 24.4 Å². The van der Waals surface area contributed by atoms with Crippen LogP contribution in [0.4, 0.5) is 5.69 Å². The van der Waals surface area contributed by atoms with Crippen molar-refractivity contribution < 1.29 is 9.59 Å². The van der Waals surface area contributed by atoms with Crippen LogP contribution in [0.5, 0.6) is 0 Å². The largest absolute Gasteiger partial charge is 0.352 e. The Morgan fingerprint density at radius 1 is 1.14 bits per heavy atom. The van der Waals surface area contributed by atoms with E-state index in [4.69, 9.17) is 11.6 Å². The molecule has 120 valence electrons. The summed E-state index contributed by atoms with van der Waals surface area (Å²) in [4.78, 5) is 25.5. The molecule has 1 saturated carbocycles. The van der Waals surface area contributed by atoms with Gasteiger partial charge in [0.2, 0.25) is 11.8 Å². The first kappa shape index (κ1) is 16.8. The molecule has 1 N–H and O–H groups in total. The lowest BCUT2D eigenvalue weighted by Gasteiger charge is -2.23. The predicted molar refractivity (Wildman–Crippen MR) is 89.1 cm³/mol. The number of benzene rings is 1. The number of nitrogens with one attached hydrogen (secondary N) is 1. The molecule has 0 aliphatic heterocycles. The molecule has 1 aromatic rings. The average Bonchev–Trinajstić information content (AvgIpc) is 2.74. The van der Waals surface area contributed by atoms with Gasteiger partial charge in [-0.05, 0) is 37.1 Å². The molecule has 2 rings (SSSR count). The zero-order chi connectivity index (χ0) is 15.9. The Labute approximate surface area is 136 Å². The van der Waals surface area contributed by atoms with Gasteiger partial charge in [-0.3, -0.25) is 9.59 Å².